The fourth-order valence-corrected chi connectivity index (χ4v) is 3.37. The summed E-state index contributed by atoms with van der Waals surface area (Å²) in [6, 6.07) is 17.9. The van der Waals surface area contributed by atoms with Gasteiger partial charge in [0.25, 0.3) is 5.91 Å². The number of amides is 1. The zero-order valence-electron chi connectivity index (χ0n) is 18.3. The Hall–Kier alpha value is -4.53. The number of rotatable bonds is 8. The molecule has 0 saturated carbocycles. The van der Waals surface area contributed by atoms with E-state index in [2.05, 4.69) is 10.4 Å². The lowest BCUT2D eigenvalue weighted by Crippen LogP contribution is -2.12. The maximum Gasteiger partial charge on any atom is 0.311 e. The first-order valence-corrected chi connectivity index (χ1v) is 10.4. The van der Waals surface area contributed by atoms with Gasteiger partial charge in [-0.1, -0.05) is 36.4 Å². The molecule has 3 aromatic carbocycles. The zero-order chi connectivity index (χ0) is 24.1. The molecule has 4 aromatic rings. The Morgan fingerprint density at radius 1 is 1.15 bits per heavy atom. The Morgan fingerprint density at radius 2 is 1.97 bits per heavy atom. The van der Waals surface area contributed by atoms with E-state index in [1.807, 2.05) is 0 Å². The number of aryl methyl sites for hydroxylation is 1. The number of nitro groups is 1. The minimum Gasteiger partial charge on any atom is -0.482 e. The number of halogens is 1. The molecule has 0 atom stereocenters. The molecule has 0 aliphatic carbocycles. The lowest BCUT2D eigenvalue weighted by atomic mass is 10.1. The molecule has 34 heavy (non-hydrogen) atoms. The number of nitrogens with zero attached hydrogens (tertiary/aromatic N) is 3. The summed E-state index contributed by atoms with van der Waals surface area (Å²) in [4.78, 5) is 23.5. The van der Waals surface area contributed by atoms with Crippen LogP contribution in [0.25, 0.3) is 0 Å². The van der Waals surface area contributed by atoms with Crippen molar-refractivity contribution < 1.29 is 18.8 Å². The average molecular weight is 460 g/mol. The number of hydrogen-bond donors (Lipinski definition) is 1. The molecule has 1 N–H and O–H groups in total. The Kier molecular flexibility index (Phi) is 6.63. The van der Waals surface area contributed by atoms with Gasteiger partial charge in [-0.15, -0.1) is 0 Å². The van der Waals surface area contributed by atoms with Crippen molar-refractivity contribution in [3.05, 3.63) is 117 Å². The topological polar surface area (TPSA) is 99.3 Å². The monoisotopic (exact) mass is 460 g/mol. The summed E-state index contributed by atoms with van der Waals surface area (Å²) < 4.78 is 21.0. The van der Waals surface area contributed by atoms with E-state index in [0.29, 0.717) is 22.4 Å². The van der Waals surface area contributed by atoms with Gasteiger partial charge >= 0.3 is 5.69 Å². The highest BCUT2D eigenvalue weighted by Gasteiger charge is 2.16. The molecule has 8 nitrogen and oxygen atoms in total. The van der Waals surface area contributed by atoms with Gasteiger partial charge in [-0.2, -0.15) is 5.10 Å². The second-order valence-electron chi connectivity index (χ2n) is 7.69. The smallest absolute Gasteiger partial charge is 0.311 e. The third-order valence-corrected chi connectivity index (χ3v) is 5.08. The van der Waals surface area contributed by atoms with Crippen molar-refractivity contribution in [3.63, 3.8) is 0 Å². The molecule has 0 bridgehead atoms. The second kappa shape index (κ2) is 9.95. The van der Waals surface area contributed by atoms with Gasteiger partial charge in [-0.3, -0.25) is 19.6 Å². The van der Waals surface area contributed by atoms with E-state index in [9.17, 15) is 19.3 Å². The van der Waals surface area contributed by atoms with Crippen molar-refractivity contribution in [1.82, 2.24) is 9.78 Å². The van der Waals surface area contributed by atoms with Crippen molar-refractivity contribution in [3.8, 4) is 5.75 Å². The van der Waals surface area contributed by atoms with Crippen LogP contribution in [0.4, 0.5) is 15.8 Å². The number of anilines is 1. The standard InChI is InChI=1S/C25H21FN4O4/c1-17-9-10-24(23(11-17)30(32)33)34-16-18-5-4-7-19(12-18)25(31)28-21-13-27-29(15-21)14-20-6-2-3-8-22(20)26/h2-13,15H,14,16H2,1H3,(H,28,31). The number of nitro benzene ring substituents is 1. The van der Waals surface area contributed by atoms with Crippen LogP contribution in [-0.4, -0.2) is 20.6 Å². The highest BCUT2D eigenvalue weighted by atomic mass is 19.1. The van der Waals surface area contributed by atoms with Gasteiger partial charge in [0, 0.05) is 23.4 Å². The van der Waals surface area contributed by atoms with E-state index >= 15 is 0 Å². The number of carbonyl (C=O) groups excluding carboxylic acids is 1. The Balaban J connectivity index is 1.40. The molecule has 9 heteroatoms. The van der Waals surface area contributed by atoms with Crippen LogP contribution in [0.1, 0.15) is 27.0 Å². The van der Waals surface area contributed by atoms with Gasteiger partial charge < -0.3 is 10.1 Å². The van der Waals surface area contributed by atoms with Gasteiger partial charge in [0.2, 0.25) is 0 Å². The molecular formula is C25H21FN4O4. The van der Waals surface area contributed by atoms with E-state index < -0.39 is 4.92 Å². The number of nitrogens with one attached hydrogen (secondary N) is 1. The van der Waals surface area contributed by atoms with Crippen LogP contribution in [0.3, 0.4) is 0 Å². The van der Waals surface area contributed by atoms with Gasteiger partial charge in [0.1, 0.15) is 12.4 Å². The normalized spacial score (nSPS) is 10.6. The Bertz CT molecular complexity index is 1350. The molecule has 0 spiro atoms. The molecule has 4 rings (SSSR count). The van der Waals surface area contributed by atoms with Gasteiger partial charge in [0.05, 0.1) is 23.4 Å². The molecule has 1 amide bonds. The van der Waals surface area contributed by atoms with Crippen molar-refractivity contribution in [2.24, 2.45) is 0 Å². The van der Waals surface area contributed by atoms with E-state index in [-0.39, 0.29) is 36.3 Å². The third-order valence-electron chi connectivity index (χ3n) is 5.08. The lowest BCUT2D eigenvalue weighted by Gasteiger charge is -2.09. The molecule has 1 heterocycles. The molecule has 1 aromatic heterocycles. The van der Waals surface area contributed by atoms with Crippen LogP contribution in [0.15, 0.2) is 79.1 Å². The fourth-order valence-electron chi connectivity index (χ4n) is 3.37. The van der Waals surface area contributed by atoms with E-state index in [4.69, 9.17) is 4.74 Å². The molecule has 0 radical (unpaired) electrons. The summed E-state index contributed by atoms with van der Waals surface area (Å²) in [5.41, 5.74) is 2.68. The predicted molar refractivity (Wildman–Crippen MR) is 124 cm³/mol. The van der Waals surface area contributed by atoms with Gasteiger partial charge in [0.15, 0.2) is 5.75 Å². The summed E-state index contributed by atoms with van der Waals surface area (Å²) in [6.45, 7) is 2.06. The van der Waals surface area contributed by atoms with Crippen LogP contribution in [0.2, 0.25) is 0 Å². The Labute approximate surface area is 194 Å². The number of benzene rings is 3. The maximum atomic E-state index is 13.8. The maximum absolute atomic E-state index is 13.8. The van der Waals surface area contributed by atoms with Crippen LogP contribution in [0, 0.1) is 22.9 Å². The minimum atomic E-state index is -0.488. The van der Waals surface area contributed by atoms with Gasteiger partial charge in [-0.25, -0.2) is 4.39 Å². The van der Waals surface area contributed by atoms with E-state index in [0.717, 1.165) is 5.56 Å². The number of aromatic nitrogens is 2. The lowest BCUT2D eigenvalue weighted by molar-refractivity contribution is -0.386. The van der Waals surface area contributed by atoms with Crippen molar-refractivity contribution in [2.75, 3.05) is 5.32 Å². The molecule has 0 unspecified atom stereocenters. The summed E-state index contributed by atoms with van der Waals surface area (Å²) in [7, 11) is 0. The number of hydrogen-bond acceptors (Lipinski definition) is 5. The van der Waals surface area contributed by atoms with Crippen LogP contribution >= 0.6 is 0 Å². The van der Waals surface area contributed by atoms with Crippen LogP contribution < -0.4 is 10.1 Å². The minimum absolute atomic E-state index is 0.0611. The van der Waals surface area contributed by atoms with E-state index in [1.54, 1.807) is 67.7 Å². The average Bonchev–Trinajstić information content (AvgIpc) is 3.26. The van der Waals surface area contributed by atoms with Gasteiger partial charge in [-0.05, 0) is 42.3 Å². The summed E-state index contributed by atoms with van der Waals surface area (Å²) in [5, 5.41) is 18.2. The first-order chi connectivity index (χ1) is 16.4. The highest BCUT2D eigenvalue weighted by molar-refractivity contribution is 6.04. The third kappa shape index (κ3) is 5.44. The van der Waals surface area contributed by atoms with Crippen molar-refractivity contribution >= 4 is 17.3 Å². The molecule has 0 saturated heterocycles. The van der Waals surface area contributed by atoms with Crippen LogP contribution in [-0.2, 0) is 13.2 Å². The molecule has 0 aliphatic rings. The molecular weight excluding hydrogens is 439 g/mol. The second-order valence-corrected chi connectivity index (χ2v) is 7.69. The molecule has 0 fully saturated rings. The van der Waals surface area contributed by atoms with E-state index in [1.165, 1.54) is 23.0 Å². The SMILES string of the molecule is Cc1ccc(OCc2cccc(C(=O)Nc3cnn(Cc4ccccc4F)c3)c2)c([N+](=O)[O-])c1. The first-order valence-electron chi connectivity index (χ1n) is 10.4. The predicted octanol–water partition coefficient (Wildman–Crippen LogP) is 5.12. The summed E-state index contributed by atoms with van der Waals surface area (Å²) in [6.07, 6.45) is 3.11. The summed E-state index contributed by atoms with van der Waals surface area (Å²) in [5.74, 6) is -0.514. The van der Waals surface area contributed by atoms with Crippen molar-refractivity contribution in [2.45, 2.75) is 20.1 Å². The Morgan fingerprint density at radius 3 is 2.76 bits per heavy atom. The fraction of sp³-hybridized carbons (Fsp3) is 0.120. The number of ether oxygens (including phenoxy) is 1. The van der Waals surface area contributed by atoms with Crippen LogP contribution in [0.5, 0.6) is 5.75 Å². The molecule has 0 aliphatic heterocycles. The zero-order valence-corrected chi connectivity index (χ0v) is 18.3. The summed E-state index contributed by atoms with van der Waals surface area (Å²) >= 11 is 0. The largest absolute Gasteiger partial charge is 0.482 e. The first kappa shape index (κ1) is 22.7. The van der Waals surface area contributed by atoms with Crippen molar-refractivity contribution in [1.29, 1.82) is 0 Å². The molecule has 172 valence electrons. The number of carbonyl (C=O) groups is 1. The highest BCUT2D eigenvalue weighted by Crippen LogP contribution is 2.28. The quantitative estimate of drug-likeness (QED) is 0.291.